The van der Waals surface area contributed by atoms with Gasteiger partial charge in [0.05, 0.1) is 5.69 Å². The van der Waals surface area contributed by atoms with E-state index in [0.717, 1.165) is 33.5 Å². The molecular formula is C20H21F4N3O4S. The number of nitrogens with zero attached hydrogens (tertiary/aromatic N) is 2. The summed E-state index contributed by atoms with van der Waals surface area (Å²) < 4.78 is 79.6. The second-order valence-corrected chi connectivity index (χ2v) is 9.05. The third kappa shape index (κ3) is 5.43. The van der Waals surface area contributed by atoms with Gasteiger partial charge in [-0.2, -0.15) is 0 Å². The fourth-order valence-electron chi connectivity index (χ4n) is 2.72. The lowest BCUT2D eigenvalue weighted by molar-refractivity contribution is -0.116. The number of rotatable bonds is 8. The van der Waals surface area contributed by atoms with E-state index in [1.165, 1.54) is 14.1 Å². The number of halogens is 4. The zero-order valence-electron chi connectivity index (χ0n) is 17.5. The molecule has 0 fully saturated rings. The van der Waals surface area contributed by atoms with Crippen LogP contribution >= 0.6 is 0 Å². The lowest BCUT2D eigenvalue weighted by atomic mass is 10.2. The van der Waals surface area contributed by atoms with Crippen molar-refractivity contribution in [2.24, 2.45) is 0 Å². The van der Waals surface area contributed by atoms with Gasteiger partial charge in [-0.05, 0) is 36.8 Å². The van der Waals surface area contributed by atoms with Crippen LogP contribution in [0.25, 0.3) is 0 Å². The van der Waals surface area contributed by atoms with Gasteiger partial charge in [0.2, 0.25) is 15.9 Å². The van der Waals surface area contributed by atoms with Crippen molar-refractivity contribution in [3.05, 3.63) is 59.2 Å². The lowest BCUT2D eigenvalue weighted by Crippen LogP contribution is -2.38. The van der Waals surface area contributed by atoms with E-state index in [4.69, 9.17) is 0 Å². The predicted octanol–water partition coefficient (Wildman–Crippen LogP) is 2.98. The summed E-state index contributed by atoms with van der Waals surface area (Å²) in [4.78, 5) is 25.5. The molecule has 1 N–H and O–H groups in total. The molecular weight excluding hydrogens is 454 g/mol. The number of anilines is 1. The van der Waals surface area contributed by atoms with Gasteiger partial charge in [0, 0.05) is 26.2 Å². The van der Waals surface area contributed by atoms with Gasteiger partial charge in [0.25, 0.3) is 5.91 Å². The van der Waals surface area contributed by atoms with E-state index in [0.29, 0.717) is 12.5 Å². The summed E-state index contributed by atoms with van der Waals surface area (Å²) in [6, 6.07) is 4.22. The molecule has 7 nitrogen and oxygen atoms in total. The Labute approximate surface area is 182 Å². The minimum Gasteiger partial charge on any atom is -0.329 e. The molecule has 0 aliphatic rings. The zero-order valence-corrected chi connectivity index (χ0v) is 18.3. The van der Waals surface area contributed by atoms with Crippen LogP contribution in [0.5, 0.6) is 0 Å². The Kier molecular flexibility index (Phi) is 7.97. The number of hydrogen-bond donors (Lipinski definition) is 1. The van der Waals surface area contributed by atoms with Crippen LogP contribution in [0.1, 0.15) is 23.7 Å². The van der Waals surface area contributed by atoms with Gasteiger partial charge in [-0.25, -0.2) is 30.3 Å². The largest absolute Gasteiger partial charge is 0.329 e. The molecule has 0 heterocycles. The summed E-state index contributed by atoms with van der Waals surface area (Å²) in [6.45, 7) is 1.16. The average Bonchev–Trinajstić information content (AvgIpc) is 2.73. The van der Waals surface area contributed by atoms with Gasteiger partial charge in [-0.3, -0.25) is 9.59 Å². The van der Waals surface area contributed by atoms with E-state index in [2.05, 4.69) is 5.32 Å². The quantitative estimate of drug-likeness (QED) is 0.470. The van der Waals surface area contributed by atoms with Gasteiger partial charge in [0.15, 0.2) is 17.5 Å². The van der Waals surface area contributed by atoms with Crippen molar-refractivity contribution >= 4 is 27.5 Å². The van der Waals surface area contributed by atoms with E-state index in [-0.39, 0.29) is 12.1 Å². The first-order valence-electron chi connectivity index (χ1n) is 9.34. The molecule has 2 amide bonds. The van der Waals surface area contributed by atoms with Crippen LogP contribution < -0.4 is 5.32 Å². The number of sulfonamides is 1. The number of carbonyl (C=O) groups excluding carboxylic acids is 2. The molecule has 0 bridgehead atoms. The highest BCUT2D eigenvalue weighted by Crippen LogP contribution is 2.21. The topological polar surface area (TPSA) is 86.8 Å². The van der Waals surface area contributed by atoms with Crippen molar-refractivity contribution in [3.8, 4) is 0 Å². The van der Waals surface area contributed by atoms with Crippen molar-refractivity contribution in [1.82, 2.24) is 9.21 Å². The summed E-state index contributed by atoms with van der Waals surface area (Å²) >= 11 is 0. The number of nitrogens with one attached hydrogen (secondary N) is 1. The Morgan fingerprint density at radius 2 is 1.59 bits per heavy atom. The summed E-state index contributed by atoms with van der Waals surface area (Å²) in [6.07, 6.45) is 0.405. The van der Waals surface area contributed by atoms with E-state index in [1.54, 1.807) is 6.92 Å². The maximum absolute atomic E-state index is 14.1. The summed E-state index contributed by atoms with van der Waals surface area (Å²) in [5.74, 6) is -7.51. The molecule has 0 aliphatic carbocycles. The molecule has 0 atom stereocenters. The van der Waals surface area contributed by atoms with Gasteiger partial charge in [-0.15, -0.1) is 0 Å². The standard InChI is InChI=1S/C20H21F4N3O4S/c1-4-9-27(11-17(28)25-15-8-7-14(22)18(23)19(15)24)20(29)12-5-6-13(21)16(10-12)32(30,31)26(2)3/h5-8,10H,4,9,11H2,1-3H3,(H,25,28). The Balaban J connectivity index is 2.28. The van der Waals surface area contributed by atoms with Crippen molar-refractivity contribution in [2.75, 3.05) is 32.5 Å². The minimum atomic E-state index is -4.18. The molecule has 0 saturated carbocycles. The van der Waals surface area contributed by atoms with Crippen molar-refractivity contribution < 1.29 is 35.6 Å². The Bertz CT molecular complexity index is 1140. The first-order chi connectivity index (χ1) is 14.9. The second-order valence-electron chi connectivity index (χ2n) is 6.93. The number of amides is 2. The van der Waals surface area contributed by atoms with E-state index < -0.39 is 62.2 Å². The summed E-state index contributed by atoms with van der Waals surface area (Å²) in [7, 11) is -1.77. The highest BCUT2D eigenvalue weighted by atomic mass is 32.2. The highest BCUT2D eigenvalue weighted by molar-refractivity contribution is 7.89. The monoisotopic (exact) mass is 475 g/mol. The molecule has 0 aromatic heterocycles. The van der Waals surface area contributed by atoms with Crippen molar-refractivity contribution in [2.45, 2.75) is 18.2 Å². The SMILES string of the molecule is CCCN(CC(=O)Nc1ccc(F)c(F)c1F)C(=O)c1ccc(F)c(S(=O)(=O)N(C)C)c1. The van der Waals surface area contributed by atoms with Crippen LogP contribution in [-0.2, 0) is 14.8 Å². The average molecular weight is 475 g/mol. The first-order valence-corrected chi connectivity index (χ1v) is 10.8. The number of carbonyl (C=O) groups is 2. The molecule has 0 saturated heterocycles. The Hall–Kier alpha value is -2.99. The molecule has 0 radical (unpaired) electrons. The van der Waals surface area contributed by atoms with Crippen LogP contribution in [0.4, 0.5) is 23.2 Å². The van der Waals surface area contributed by atoms with Crippen LogP contribution in [0.3, 0.4) is 0 Å². The molecule has 174 valence electrons. The molecule has 0 spiro atoms. The smallest absolute Gasteiger partial charge is 0.254 e. The molecule has 0 aliphatic heterocycles. The molecule has 2 aromatic rings. The third-order valence-electron chi connectivity index (χ3n) is 4.36. The van der Waals surface area contributed by atoms with Gasteiger partial charge in [-0.1, -0.05) is 6.92 Å². The van der Waals surface area contributed by atoms with Crippen LogP contribution in [0.15, 0.2) is 35.2 Å². The maximum atomic E-state index is 14.1. The number of benzene rings is 2. The zero-order chi connectivity index (χ0) is 24.2. The Morgan fingerprint density at radius 3 is 2.19 bits per heavy atom. The van der Waals surface area contributed by atoms with Crippen molar-refractivity contribution in [3.63, 3.8) is 0 Å². The third-order valence-corrected chi connectivity index (χ3v) is 6.19. The van der Waals surface area contributed by atoms with Gasteiger partial charge < -0.3 is 10.2 Å². The van der Waals surface area contributed by atoms with Gasteiger partial charge >= 0.3 is 0 Å². The molecule has 32 heavy (non-hydrogen) atoms. The van der Waals surface area contributed by atoms with Crippen molar-refractivity contribution in [1.29, 1.82) is 0 Å². The fourth-order valence-corrected chi connectivity index (χ4v) is 3.70. The fraction of sp³-hybridized carbons (Fsp3) is 0.300. The summed E-state index contributed by atoms with van der Waals surface area (Å²) in [5.41, 5.74) is -0.800. The molecule has 2 rings (SSSR count). The summed E-state index contributed by atoms with van der Waals surface area (Å²) in [5, 5.41) is 2.06. The van der Waals surface area contributed by atoms with E-state index >= 15 is 0 Å². The van der Waals surface area contributed by atoms with Crippen LogP contribution in [0.2, 0.25) is 0 Å². The number of hydrogen-bond acceptors (Lipinski definition) is 4. The predicted molar refractivity (Wildman–Crippen MR) is 108 cm³/mol. The minimum absolute atomic E-state index is 0.0552. The van der Waals surface area contributed by atoms with E-state index in [1.807, 2.05) is 0 Å². The van der Waals surface area contributed by atoms with Crippen LogP contribution in [-0.4, -0.2) is 56.6 Å². The molecule has 12 heteroatoms. The van der Waals surface area contributed by atoms with E-state index in [9.17, 15) is 35.6 Å². The van der Waals surface area contributed by atoms with Crippen LogP contribution in [0, 0.1) is 23.3 Å². The second kappa shape index (κ2) is 10.1. The first kappa shape index (κ1) is 25.3. The normalized spacial score (nSPS) is 11.5. The Morgan fingerprint density at radius 1 is 0.969 bits per heavy atom. The maximum Gasteiger partial charge on any atom is 0.254 e. The molecule has 2 aromatic carbocycles. The van der Waals surface area contributed by atoms with Gasteiger partial charge in [0.1, 0.15) is 17.3 Å². The molecule has 0 unspecified atom stereocenters. The lowest BCUT2D eigenvalue weighted by Gasteiger charge is -2.22. The highest BCUT2D eigenvalue weighted by Gasteiger charge is 2.26.